The van der Waals surface area contributed by atoms with Crippen molar-refractivity contribution < 1.29 is 0 Å². The van der Waals surface area contributed by atoms with Crippen LogP contribution in [0.15, 0.2) is 59.9 Å². The summed E-state index contributed by atoms with van der Waals surface area (Å²) < 4.78 is 0. The summed E-state index contributed by atoms with van der Waals surface area (Å²) in [6.07, 6.45) is 16.4. The molecular weight excluding hydrogens is 282 g/mol. The molecule has 1 heterocycles. The Morgan fingerprint density at radius 2 is 1.96 bits per heavy atom. The fourth-order valence-corrected chi connectivity index (χ4v) is 2.92. The Morgan fingerprint density at radius 1 is 1.26 bits per heavy atom. The molecule has 0 atom stereocenters. The summed E-state index contributed by atoms with van der Waals surface area (Å²) >= 11 is 0. The first-order valence-corrected chi connectivity index (χ1v) is 8.34. The average molecular weight is 309 g/mol. The number of hydrogen-bond donors (Lipinski definition) is 1. The zero-order valence-corrected chi connectivity index (χ0v) is 14.2. The third-order valence-electron chi connectivity index (χ3n) is 4.29. The Labute approximate surface area is 139 Å². The number of nitrogens with zero attached hydrogens (tertiary/aromatic N) is 2. The molecule has 3 nitrogen and oxygen atoms in total. The van der Waals surface area contributed by atoms with Crippen LogP contribution in [0.1, 0.15) is 38.2 Å². The maximum atomic E-state index is 4.77. The first-order chi connectivity index (χ1) is 11.2. The molecule has 122 valence electrons. The lowest BCUT2D eigenvalue weighted by molar-refractivity contribution is 0.360. The number of nitrogens with one attached hydrogen (secondary N) is 1. The highest BCUT2D eigenvalue weighted by Gasteiger charge is 2.18. The average Bonchev–Trinajstić information content (AvgIpc) is 2.61. The molecule has 23 heavy (non-hydrogen) atoms. The molecule has 0 unspecified atom stereocenters. The number of pyridine rings is 1. The molecule has 1 aliphatic carbocycles. The van der Waals surface area contributed by atoms with E-state index in [-0.39, 0.29) is 0 Å². The molecule has 3 heteroatoms. The van der Waals surface area contributed by atoms with E-state index in [0.29, 0.717) is 12.1 Å². The van der Waals surface area contributed by atoms with Crippen LogP contribution < -0.4 is 5.32 Å². The van der Waals surface area contributed by atoms with Gasteiger partial charge in [0.25, 0.3) is 0 Å². The van der Waals surface area contributed by atoms with Gasteiger partial charge in [-0.1, -0.05) is 18.7 Å². The topological polar surface area (TPSA) is 37.3 Å². The van der Waals surface area contributed by atoms with Crippen molar-refractivity contribution in [3.05, 3.63) is 60.5 Å². The second-order valence-electron chi connectivity index (χ2n) is 6.05. The van der Waals surface area contributed by atoms with E-state index in [9.17, 15) is 0 Å². The molecule has 1 saturated carbocycles. The Hall–Kier alpha value is -2.00. The lowest BCUT2D eigenvalue weighted by Crippen LogP contribution is -2.31. The number of allylic oxidation sites excluding steroid dienone is 5. The molecule has 1 aliphatic rings. The summed E-state index contributed by atoms with van der Waals surface area (Å²) in [7, 11) is 2.05. The van der Waals surface area contributed by atoms with Gasteiger partial charge in [-0.2, -0.15) is 0 Å². The summed E-state index contributed by atoms with van der Waals surface area (Å²) in [6.45, 7) is 5.91. The van der Waals surface area contributed by atoms with Crippen LogP contribution in [0.5, 0.6) is 0 Å². The van der Waals surface area contributed by atoms with Gasteiger partial charge in [-0.3, -0.25) is 9.98 Å². The van der Waals surface area contributed by atoms with Gasteiger partial charge in [0.1, 0.15) is 0 Å². The summed E-state index contributed by atoms with van der Waals surface area (Å²) in [5.74, 6) is 0. The highest BCUT2D eigenvalue weighted by molar-refractivity contribution is 5.85. The van der Waals surface area contributed by atoms with Crippen LogP contribution in [0, 0.1) is 0 Å². The van der Waals surface area contributed by atoms with Crippen LogP contribution in [0.25, 0.3) is 5.57 Å². The number of rotatable bonds is 6. The van der Waals surface area contributed by atoms with Crippen LogP contribution in [-0.2, 0) is 0 Å². The Balaban J connectivity index is 2.01. The van der Waals surface area contributed by atoms with Gasteiger partial charge < -0.3 is 5.32 Å². The zero-order valence-electron chi connectivity index (χ0n) is 14.2. The van der Waals surface area contributed by atoms with Gasteiger partial charge in [-0.05, 0) is 74.6 Å². The van der Waals surface area contributed by atoms with Crippen molar-refractivity contribution in [3.8, 4) is 0 Å². The van der Waals surface area contributed by atoms with Crippen LogP contribution in [0.3, 0.4) is 0 Å². The molecule has 0 radical (unpaired) electrons. The summed E-state index contributed by atoms with van der Waals surface area (Å²) in [6, 6.07) is 5.16. The van der Waals surface area contributed by atoms with Gasteiger partial charge in [0.05, 0.1) is 6.04 Å². The second-order valence-corrected chi connectivity index (χ2v) is 6.05. The van der Waals surface area contributed by atoms with E-state index >= 15 is 0 Å². The van der Waals surface area contributed by atoms with E-state index in [1.54, 1.807) is 0 Å². The largest absolute Gasteiger partial charge is 0.317 e. The number of aromatic nitrogens is 1. The highest BCUT2D eigenvalue weighted by atomic mass is 14.9. The van der Waals surface area contributed by atoms with Gasteiger partial charge in [-0.25, -0.2) is 0 Å². The fourth-order valence-electron chi connectivity index (χ4n) is 2.92. The lowest BCUT2D eigenvalue weighted by Gasteiger charge is -2.25. The molecule has 0 aliphatic heterocycles. The van der Waals surface area contributed by atoms with Gasteiger partial charge in [-0.15, -0.1) is 0 Å². The fraction of sp³-hybridized carbons (Fsp3) is 0.400. The Bertz CT molecular complexity index is 576. The van der Waals surface area contributed by atoms with Gasteiger partial charge in [0.2, 0.25) is 0 Å². The van der Waals surface area contributed by atoms with E-state index in [2.05, 4.69) is 29.9 Å². The summed E-state index contributed by atoms with van der Waals surface area (Å²) in [5, 5.41) is 3.36. The Kier molecular flexibility index (Phi) is 6.95. The molecule has 1 aromatic rings. The minimum atomic E-state index is 0.468. The molecule has 2 rings (SSSR count). The zero-order chi connectivity index (χ0) is 16.5. The van der Waals surface area contributed by atoms with Crippen LogP contribution in [0.2, 0.25) is 0 Å². The summed E-state index contributed by atoms with van der Waals surface area (Å²) in [5.41, 5.74) is 3.43. The van der Waals surface area contributed by atoms with Crippen molar-refractivity contribution >= 4 is 11.8 Å². The number of aliphatic imine (C=N–C) groups is 1. The first kappa shape index (κ1) is 17.4. The standard InChI is InChI=1S/C20H27N3/c1-4-5-18(17-10-12-22-13-11-17)14-16(2)15-23-20-8-6-19(21-3)7-9-20/h4-5,10-15,19-21H,1,6-9H2,2-3H3/b16-14+,18-5+,23-15?. The molecule has 1 fully saturated rings. The van der Waals surface area contributed by atoms with Crippen molar-refractivity contribution in [1.29, 1.82) is 0 Å². The smallest absolute Gasteiger partial charge is 0.0500 e. The number of hydrogen-bond acceptors (Lipinski definition) is 3. The molecule has 0 aromatic carbocycles. The molecule has 0 saturated heterocycles. The quantitative estimate of drug-likeness (QED) is 0.631. The van der Waals surface area contributed by atoms with Crippen molar-refractivity contribution in [1.82, 2.24) is 10.3 Å². The van der Waals surface area contributed by atoms with Crippen LogP contribution >= 0.6 is 0 Å². The van der Waals surface area contributed by atoms with Gasteiger partial charge in [0.15, 0.2) is 0 Å². The highest BCUT2D eigenvalue weighted by Crippen LogP contribution is 2.21. The SMILES string of the molecule is C=C/C=C(\C=C(/C)C=NC1CCC(NC)CC1)c1ccncc1. The predicted molar refractivity (Wildman–Crippen MR) is 99.8 cm³/mol. The minimum absolute atomic E-state index is 0.468. The molecular formula is C20H27N3. The van der Waals surface area contributed by atoms with E-state index < -0.39 is 0 Å². The van der Waals surface area contributed by atoms with Crippen molar-refractivity contribution in [3.63, 3.8) is 0 Å². The Morgan fingerprint density at radius 3 is 2.57 bits per heavy atom. The molecule has 1 N–H and O–H groups in total. The van der Waals surface area contributed by atoms with E-state index in [1.165, 1.54) is 25.7 Å². The third kappa shape index (κ3) is 5.61. The van der Waals surface area contributed by atoms with Crippen LogP contribution in [-0.4, -0.2) is 30.3 Å². The predicted octanol–water partition coefficient (Wildman–Crippen LogP) is 4.20. The van der Waals surface area contributed by atoms with E-state index in [0.717, 1.165) is 16.7 Å². The van der Waals surface area contributed by atoms with Crippen molar-refractivity contribution in [2.24, 2.45) is 4.99 Å². The minimum Gasteiger partial charge on any atom is -0.317 e. The van der Waals surface area contributed by atoms with Crippen molar-refractivity contribution in [2.45, 2.75) is 44.7 Å². The molecule has 0 bridgehead atoms. The molecule has 0 amide bonds. The lowest BCUT2D eigenvalue weighted by atomic mass is 9.92. The molecule has 1 aromatic heterocycles. The van der Waals surface area contributed by atoms with Crippen LogP contribution in [0.4, 0.5) is 0 Å². The normalized spacial score (nSPS) is 23.2. The maximum Gasteiger partial charge on any atom is 0.0500 e. The van der Waals surface area contributed by atoms with E-state index in [1.807, 2.05) is 49.9 Å². The third-order valence-corrected chi connectivity index (χ3v) is 4.29. The van der Waals surface area contributed by atoms with Crippen molar-refractivity contribution in [2.75, 3.05) is 7.05 Å². The monoisotopic (exact) mass is 309 g/mol. The van der Waals surface area contributed by atoms with E-state index in [4.69, 9.17) is 4.99 Å². The summed E-state index contributed by atoms with van der Waals surface area (Å²) in [4.78, 5) is 8.84. The van der Waals surface area contributed by atoms with Gasteiger partial charge in [0, 0.05) is 24.7 Å². The molecule has 0 spiro atoms. The van der Waals surface area contributed by atoms with Gasteiger partial charge >= 0.3 is 0 Å². The maximum absolute atomic E-state index is 4.77. The second kappa shape index (κ2) is 9.21. The first-order valence-electron chi connectivity index (χ1n) is 8.34.